The molecular formula is C18H23N5O2. The number of carbonyl (C=O) groups is 2. The average Bonchev–Trinajstić information content (AvgIpc) is 2.98. The molecule has 0 aliphatic carbocycles. The number of benzene rings is 1. The van der Waals surface area contributed by atoms with Crippen LogP contribution in [-0.2, 0) is 9.59 Å². The molecule has 7 heteroatoms. The molecule has 0 saturated carbocycles. The Morgan fingerprint density at radius 2 is 1.96 bits per heavy atom. The average molecular weight is 341 g/mol. The number of hydrogen-bond donors (Lipinski definition) is 3. The molecule has 1 atom stereocenters. The Bertz CT molecular complexity index is 760. The first-order valence-electron chi connectivity index (χ1n) is 8.38. The number of fused-ring (bicyclic) bond motifs is 1. The maximum atomic E-state index is 12.7. The Hall–Kier alpha value is -2.83. The van der Waals surface area contributed by atoms with Crippen LogP contribution >= 0.6 is 0 Å². The molecule has 132 valence electrons. The van der Waals surface area contributed by atoms with E-state index in [-0.39, 0.29) is 18.2 Å². The van der Waals surface area contributed by atoms with E-state index in [1.165, 1.54) is 5.56 Å². The van der Waals surface area contributed by atoms with Crippen LogP contribution in [0.3, 0.4) is 0 Å². The Morgan fingerprint density at radius 1 is 1.28 bits per heavy atom. The van der Waals surface area contributed by atoms with Crippen molar-refractivity contribution < 1.29 is 9.59 Å². The van der Waals surface area contributed by atoms with Gasteiger partial charge in [-0.2, -0.15) is 4.99 Å². The molecule has 0 bridgehead atoms. The van der Waals surface area contributed by atoms with Gasteiger partial charge in [0.2, 0.25) is 17.8 Å². The summed E-state index contributed by atoms with van der Waals surface area (Å²) < 4.78 is 0. The molecule has 1 aromatic rings. The quantitative estimate of drug-likeness (QED) is 0.785. The third-order valence-corrected chi connectivity index (χ3v) is 4.24. The molecule has 2 aliphatic rings. The van der Waals surface area contributed by atoms with Crippen LogP contribution in [0.2, 0.25) is 0 Å². The van der Waals surface area contributed by atoms with Crippen molar-refractivity contribution in [3.05, 3.63) is 41.2 Å². The van der Waals surface area contributed by atoms with E-state index in [0.717, 1.165) is 5.57 Å². The molecule has 2 heterocycles. The van der Waals surface area contributed by atoms with Gasteiger partial charge in [0.05, 0.1) is 6.42 Å². The van der Waals surface area contributed by atoms with Gasteiger partial charge in [-0.05, 0) is 43.0 Å². The molecule has 3 rings (SSSR count). The highest BCUT2D eigenvalue weighted by atomic mass is 16.2. The zero-order valence-electron chi connectivity index (χ0n) is 14.9. The van der Waals surface area contributed by atoms with Crippen LogP contribution in [0.25, 0.3) is 0 Å². The largest absolute Gasteiger partial charge is 0.324 e. The third kappa shape index (κ3) is 3.50. The smallest absolute Gasteiger partial charge is 0.249 e. The topological polar surface area (TPSA) is 85.8 Å². The lowest BCUT2D eigenvalue weighted by Crippen LogP contribution is -2.61. The van der Waals surface area contributed by atoms with Gasteiger partial charge in [-0.1, -0.05) is 26.0 Å². The van der Waals surface area contributed by atoms with Crippen molar-refractivity contribution in [2.45, 2.75) is 46.1 Å². The van der Waals surface area contributed by atoms with Gasteiger partial charge >= 0.3 is 0 Å². The maximum Gasteiger partial charge on any atom is 0.249 e. The molecule has 2 aliphatic heterocycles. The van der Waals surface area contributed by atoms with Crippen LogP contribution in [0.1, 0.15) is 45.6 Å². The SMILES string of the molecule is CC(C)=C1N=C2NC(=O)C[C@@H](C(=O)Nc3ccc(C(C)C)cc3)N2N1. The highest BCUT2D eigenvalue weighted by Gasteiger charge is 2.39. The van der Waals surface area contributed by atoms with E-state index in [1.54, 1.807) is 5.01 Å². The van der Waals surface area contributed by atoms with Crippen molar-refractivity contribution >= 4 is 23.5 Å². The maximum absolute atomic E-state index is 12.7. The number of hydrazine groups is 1. The molecule has 0 unspecified atom stereocenters. The second-order valence-electron chi connectivity index (χ2n) is 6.80. The lowest BCUT2D eigenvalue weighted by Gasteiger charge is -2.32. The van der Waals surface area contributed by atoms with E-state index < -0.39 is 6.04 Å². The van der Waals surface area contributed by atoms with Crippen LogP contribution in [0.5, 0.6) is 0 Å². The monoisotopic (exact) mass is 341 g/mol. The van der Waals surface area contributed by atoms with Crippen LogP contribution in [0, 0.1) is 0 Å². The lowest BCUT2D eigenvalue weighted by molar-refractivity contribution is -0.129. The number of allylic oxidation sites excluding steroid dienone is 1. The van der Waals surface area contributed by atoms with Crippen molar-refractivity contribution in [2.24, 2.45) is 4.99 Å². The second kappa shape index (κ2) is 6.58. The van der Waals surface area contributed by atoms with Crippen molar-refractivity contribution in [3.63, 3.8) is 0 Å². The summed E-state index contributed by atoms with van der Waals surface area (Å²) in [6, 6.07) is 7.09. The Labute approximate surface area is 147 Å². The minimum atomic E-state index is -0.658. The van der Waals surface area contributed by atoms with E-state index >= 15 is 0 Å². The zero-order valence-corrected chi connectivity index (χ0v) is 14.9. The predicted octanol–water partition coefficient (Wildman–Crippen LogP) is 2.06. The van der Waals surface area contributed by atoms with E-state index in [1.807, 2.05) is 38.1 Å². The number of aliphatic imine (C=N–C) groups is 1. The van der Waals surface area contributed by atoms with Crippen LogP contribution in [0.15, 0.2) is 40.7 Å². The zero-order chi connectivity index (χ0) is 18.1. The minimum absolute atomic E-state index is 0.0674. The Morgan fingerprint density at radius 3 is 2.56 bits per heavy atom. The molecule has 1 fully saturated rings. The third-order valence-electron chi connectivity index (χ3n) is 4.24. The van der Waals surface area contributed by atoms with Crippen molar-refractivity contribution in [2.75, 3.05) is 5.32 Å². The summed E-state index contributed by atoms with van der Waals surface area (Å²) in [6.07, 6.45) is 0.0674. The number of nitrogens with zero attached hydrogens (tertiary/aromatic N) is 2. The molecule has 1 aromatic carbocycles. The predicted molar refractivity (Wildman–Crippen MR) is 96.5 cm³/mol. The number of hydrogen-bond acceptors (Lipinski definition) is 5. The minimum Gasteiger partial charge on any atom is -0.324 e. The molecule has 3 N–H and O–H groups in total. The van der Waals surface area contributed by atoms with Gasteiger partial charge in [-0.25, -0.2) is 5.01 Å². The number of guanidine groups is 1. The van der Waals surface area contributed by atoms with Crippen LogP contribution in [0.4, 0.5) is 5.69 Å². The summed E-state index contributed by atoms with van der Waals surface area (Å²) in [6.45, 7) is 8.07. The van der Waals surface area contributed by atoms with Crippen LogP contribution in [-0.4, -0.2) is 28.8 Å². The van der Waals surface area contributed by atoms with E-state index in [2.05, 4.69) is 34.9 Å². The summed E-state index contributed by atoms with van der Waals surface area (Å²) in [5.74, 6) is 0.977. The molecular weight excluding hydrogens is 318 g/mol. The Kier molecular flexibility index (Phi) is 4.48. The number of amides is 2. The highest BCUT2D eigenvalue weighted by molar-refractivity contribution is 6.07. The Balaban J connectivity index is 1.76. The van der Waals surface area contributed by atoms with Gasteiger partial charge in [0.15, 0.2) is 0 Å². The summed E-state index contributed by atoms with van der Waals surface area (Å²) in [5, 5.41) is 7.19. The van der Waals surface area contributed by atoms with Gasteiger partial charge in [0, 0.05) is 5.69 Å². The van der Waals surface area contributed by atoms with Crippen LogP contribution < -0.4 is 16.1 Å². The van der Waals surface area contributed by atoms with E-state index in [0.29, 0.717) is 23.4 Å². The fourth-order valence-corrected chi connectivity index (χ4v) is 2.72. The normalized spacial score (nSPS) is 19.2. The molecule has 7 nitrogen and oxygen atoms in total. The van der Waals surface area contributed by atoms with Crippen molar-refractivity contribution in [3.8, 4) is 0 Å². The van der Waals surface area contributed by atoms with Gasteiger partial charge < -0.3 is 5.32 Å². The number of rotatable bonds is 3. The summed E-state index contributed by atoms with van der Waals surface area (Å²) in [5.41, 5.74) is 5.98. The molecule has 2 amide bonds. The molecule has 0 aromatic heterocycles. The van der Waals surface area contributed by atoms with Gasteiger partial charge in [0.1, 0.15) is 11.9 Å². The summed E-state index contributed by atoms with van der Waals surface area (Å²) >= 11 is 0. The fourth-order valence-electron chi connectivity index (χ4n) is 2.72. The second-order valence-corrected chi connectivity index (χ2v) is 6.80. The van der Waals surface area contributed by atoms with Gasteiger partial charge in [0.25, 0.3) is 0 Å². The summed E-state index contributed by atoms with van der Waals surface area (Å²) in [4.78, 5) is 29.0. The first kappa shape index (κ1) is 17.0. The first-order valence-corrected chi connectivity index (χ1v) is 8.38. The molecule has 1 saturated heterocycles. The van der Waals surface area contributed by atoms with Crippen molar-refractivity contribution in [1.82, 2.24) is 15.8 Å². The number of carbonyl (C=O) groups excluding carboxylic acids is 2. The first-order chi connectivity index (χ1) is 11.8. The standard InChI is InChI=1S/C18H23N5O2/c1-10(2)12-5-7-13(8-6-12)19-17(25)14-9-15(24)20-18-21-16(11(3)4)22-23(14)18/h5-8,10,14,22H,9H2,1-4H3,(H,19,25)(H,20,21,24)/t14-/m0/s1. The van der Waals surface area contributed by atoms with Gasteiger partial charge in [-0.3, -0.25) is 20.3 Å². The lowest BCUT2D eigenvalue weighted by atomic mass is 10.0. The van der Waals surface area contributed by atoms with E-state index in [4.69, 9.17) is 0 Å². The highest BCUT2D eigenvalue weighted by Crippen LogP contribution is 2.21. The molecule has 0 spiro atoms. The van der Waals surface area contributed by atoms with Crippen molar-refractivity contribution in [1.29, 1.82) is 0 Å². The summed E-state index contributed by atoms with van der Waals surface area (Å²) in [7, 11) is 0. The molecule has 0 radical (unpaired) electrons. The fraction of sp³-hybridized carbons (Fsp3) is 0.389. The molecule has 25 heavy (non-hydrogen) atoms. The van der Waals surface area contributed by atoms with E-state index in [9.17, 15) is 9.59 Å². The number of anilines is 1. The van der Waals surface area contributed by atoms with Gasteiger partial charge in [-0.15, -0.1) is 0 Å². The number of nitrogens with one attached hydrogen (secondary N) is 3.